The van der Waals surface area contributed by atoms with Gasteiger partial charge in [-0.15, -0.1) is 11.3 Å². The lowest BCUT2D eigenvalue weighted by molar-refractivity contribution is 0.833. The number of anilines is 1. The fourth-order valence-electron chi connectivity index (χ4n) is 2.40. The van der Waals surface area contributed by atoms with Crippen LogP contribution in [-0.2, 0) is 12.8 Å². The lowest BCUT2D eigenvalue weighted by atomic mass is 9.94. The third-order valence-corrected chi connectivity index (χ3v) is 4.47. The monoisotopic (exact) mass is 258 g/mol. The molecule has 2 nitrogen and oxygen atoms in total. The van der Waals surface area contributed by atoms with Gasteiger partial charge in [0.05, 0.1) is 5.69 Å². The van der Waals surface area contributed by atoms with Gasteiger partial charge in [-0.25, -0.2) is 4.98 Å². The summed E-state index contributed by atoms with van der Waals surface area (Å²) in [4.78, 5) is 6.21. The second-order valence-corrected chi connectivity index (χ2v) is 5.81. The van der Waals surface area contributed by atoms with Crippen molar-refractivity contribution in [2.24, 2.45) is 0 Å². The number of benzene rings is 1. The van der Waals surface area contributed by atoms with Crippen molar-refractivity contribution < 1.29 is 0 Å². The zero-order chi connectivity index (χ0) is 12.4. The highest BCUT2D eigenvalue weighted by Gasteiger charge is 2.19. The first kappa shape index (κ1) is 11.7. The van der Waals surface area contributed by atoms with Crippen LogP contribution in [0.3, 0.4) is 0 Å². The molecule has 0 bridgehead atoms. The number of fused-ring (bicyclic) bond motifs is 3. The summed E-state index contributed by atoms with van der Waals surface area (Å²) >= 11 is 1.83. The van der Waals surface area contributed by atoms with Gasteiger partial charge in [-0.2, -0.15) is 0 Å². The minimum Gasteiger partial charge on any atom is -0.361 e. The van der Waals surface area contributed by atoms with E-state index >= 15 is 0 Å². The minimum atomic E-state index is 1.03. The Morgan fingerprint density at radius 3 is 3.06 bits per heavy atom. The second-order valence-electron chi connectivity index (χ2n) is 4.73. The Kier molecular flexibility index (Phi) is 3.33. The Bertz CT molecular complexity index is 545. The maximum atomic E-state index is 4.77. The standard InChI is InChI=1S/C15H18N2S/c1-2-3-10-16-15-17-14-12-7-5-4-6-11(12)8-9-13(14)18-15/h4-7H,2-3,8-10H2,1H3,(H,16,17). The van der Waals surface area contributed by atoms with Crippen LogP contribution in [0, 0.1) is 0 Å². The van der Waals surface area contributed by atoms with E-state index in [9.17, 15) is 0 Å². The fourth-order valence-corrected chi connectivity index (χ4v) is 3.40. The number of nitrogens with zero attached hydrogens (tertiary/aromatic N) is 1. The summed E-state index contributed by atoms with van der Waals surface area (Å²) < 4.78 is 0. The molecule has 0 unspecified atom stereocenters. The first-order chi connectivity index (χ1) is 8.88. The average Bonchev–Trinajstić information content (AvgIpc) is 2.82. The van der Waals surface area contributed by atoms with Gasteiger partial charge in [0.15, 0.2) is 5.13 Å². The molecule has 1 N–H and O–H groups in total. The molecular weight excluding hydrogens is 240 g/mol. The van der Waals surface area contributed by atoms with Crippen molar-refractivity contribution in [2.75, 3.05) is 11.9 Å². The molecule has 3 rings (SSSR count). The van der Waals surface area contributed by atoms with E-state index in [1.165, 1.54) is 34.5 Å². The minimum absolute atomic E-state index is 1.03. The Balaban J connectivity index is 1.87. The van der Waals surface area contributed by atoms with Gasteiger partial charge in [-0.3, -0.25) is 0 Å². The zero-order valence-electron chi connectivity index (χ0n) is 10.7. The number of unbranched alkanes of at least 4 members (excludes halogenated alkanes) is 1. The maximum absolute atomic E-state index is 4.77. The molecule has 0 spiro atoms. The molecule has 1 heterocycles. The number of thiazole rings is 1. The fraction of sp³-hybridized carbons (Fsp3) is 0.400. The quantitative estimate of drug-likeness (QED) is 0.834. The molecule has 94 valence electrons. The number of aryl methyl sites for hydroxylation is 2. The second kappa shape index (κ2) is 5.11. The van der Waals surface area contributed by atoms with E-state index in [1.54, 1.807) is 0 Å². The third-order valence-electron chi connectivity index (χ3n) is 3.40. The van der Waals surface area contributed by atoms with Gasteiger partial charge in [-0.1, -0.05) is 37.6 Å². The molecule has 0 aliphatic heterocycles. The third kappa shape index (κ3) is 2.15. The van der Waals surface area contributed by atoms with Gasteiger partial charge in [0.25, 0.3) is 0 Å². The van der Waals surface area contributed by atoms with Gasteiger partial charge in [0.2, 0.25) is 0 Å². The number of hydrogen-bond acceptors (Lipinski definition) is 3. The summed E-state index contributed by atoms with van der Waals surface area (Å²) in [6.07, 6.45) is 4.72. The summed E-state index contributed by atoms with van der Waals surface area (Å²) in [6.45, 7) is 3.25. The molecule has 3 heteroatoms. The lowest BCUT2D eigenvalue weighted by Crippen LogP contribution is -2.02. The van der Waals surface area contributed by atoms with E-state index in [4.69, 9.17) is 4.98 Å². The van der Waals surface area contributed by atoms with Crippen molar-refractivity contribution in [1.82, 2.24) is 4.98 Å². The van der Waals surface area contributed by atoms with Gasteiger partial charge in [0.1, 0.15) is 0 Å². The topological polar surface area (TPSA) is 24.9 Å². The van der Waals surface area contributed by atoms with Gasteiger partial charge >= 0.3 is 0 Å². The van der Waals surface area contributed by atoms with Crippen molar-refractivity contribution in [3.8, 4) is 11.3 Å². The van der Waals surface area contributed by atoms with Crippen LogP contribution in [0.25, 0.3) is 11.3 Å². The van der Waals surface area contributed by atoms with Gasteiger partial charge < -0.3 is 5.32 Å². The van der Waals surface area contributed by atoms with Crippen molar-refractivity contribution in [2.45, 2.75) is 32.6 Å². The van der Waals surface area contributed by atoms with Gasteiger partial charge in [-0.05, 0) is 24.8 Å². The van der Waals surface area contributed by atoms with Crippen molar-refractivity contribution in [3.05, 3.63) is 34.7 Å². The molecule has 2 aromatic rings. The van der Waals surface area contributed by atoms with Crippen LogP contribution in [0.2, 0.25) is 0 Å². The normalized spacial score (nSPS) is 12.9. The van der Waals surface area contributed by atoms with Crippen molar-refractivity contribution in [1.29, 1.82) is 0 Å². The Labute approximate surface area is 112 Å². The highest BCUT2D eigenvalue weighted by Crippen LogP contribution is 2.37. The van der Waals surface area contributed by atoms with E-state index < -0.39 is 0 Å². The predicted octanol–water partition coefficient (Wildman–Crippen LogP) is 4.12. The molecule has 18 heavy (non-hydrogen) atoms. The van der Waals surface area contributed by atoms with Crippen LogP contribution in [0.1, 0.15) is 30.2 Å². The molecule has 0 atom stereocenters. The van der Waals surface area contributed by atoms with Crippen molar-refractivity contribution in [3.63, 3.8) is 0 Å². The van der Waals surface area contributed by atoms with Crippen molar-refractivity contribution >= 4 is 16.5 Å². The molecule has 0 radical (unpaired) electrons. The highest BCUT2D eigenvalue weighted by molar-refractivity contribution is 7.16. The number of rotatable bonds is 4. The first-order valence-electron chi connectivity index (χ1n) is 6.70. The van der Waals surface area contributed by atoms with Gasteiger partial charge in [0, 0.05) is 17.0 Å². The molecule has 1 aromatic heterocycles. The average molecular weight is 258 g/mol. The van der Waals surface area contributed by atoms with Crippen LogP contribution in [0.4, 0.5) is 5.13 Å². The molecule has 0 saturated heterocycles. The smallest absolute Gasteiger partial charge is 0.183 e. The molecule has 1 aliphatic carbocycles. The molecule has 0 saturated carbocycles. The maximum Gasteiger partial charge on any atom is 0.183 e. The number of aromatic nitrogens is 1. The predicted molar refractivity (Wildman–Crippen MR) is 78.4 cm³/mol. The summed E-state index contributed by atoms with van der Waals surface area (Å²) in [7, 11) is 0. The molecule has 1 aliphatic rings. The molecular formula is C15H18N2S. The summed E-state index contributed by atoms with van der Waals surface area (Å²) in [6, 6.07) is 8.65. The van der Waals surface area contributed by atoms with Crippen LogP contribution >= 0.6 is 11.3 Å². The Morgan fingerprint density at radius 2 is 2.17 bits per heavy atom. The Morgan fingerprint density at radius 1 is 1.28 bits per heavy atom. The Hall–Kier alpha value is -1.35. The molecule has 0 fully saturated rings. The lowest BCUT2D eigenvalue weighted by Gasteiger charge is -2.13. The SMILES string of the molecule is CCCCNc1nc2c(s1)CCc1ccccc1-2. The first-order valence-corrected chi connectivity index (χ1v) is 7.52. The molecule has 0 amide bonds. The van der Waals surface area contributed by atoms with Crippen LogP contribution in [0.15, 0.2) is 24.3 Å². The number of nitrogens with one attached hydrogen (secondary N) is 1. The van der Waals surface area contributed by atoms with E-state index in [-0.39, 0.29) is 0 Å². The van der Waals surface area contributed by atoms with E-state index in [1.807, 2.05) is 11.3 Å². The van der Waals surface area contributed by atoms with E-state index in [0.29, 0.717) is 0 Å². The van der Waals surface area contributed by atoms with Crippen LogP contribution in [-0.4, -0.2) is 11.5 Å². The van der Waals surface area contributed by atoms with Crippen LogP contribution in [0.5, 0.6) is 0 Å². The van der Waals surface area contributed by atoms with E-state index in [2.05, 4.69) is 36.5 Å². The summed E-state index contributed by atoms with van der Waals surface area (Å²) in [5, 5.41) is 4.53. The van der Waals surface area contributed by atoms with Crippen LogP contribution < -0.4 is 5.32 Å². The highest BCUT2D eigenvalue weighted by atomic mass is 32.1. The summed E-state index contributed by atoms with van der Waals surface area (Å²) in [5.74, 6) is 0. The van der Waals surface area contributed by atoms with E-state index in [0.717, 1.165) is 24.5 Å². The largest absolute Gasteiger partial charge is 0.361 e. The number of hydrogen-bond donors (Lipinski definition) is 1. The zero-order valence-corrected chi connectivity index (χ0v) is 11.5. The molecule has 1 aromatic carbocycles. The summed E-state index contributed by atoms with van der Waals surface area (Å²) in [5.41, 5.74) is 3.98.